The van der Waals surface area contributed by atoms with Gasteiger partial charge in [0, 0.05) is 12.0 Å². The largest absolute Gasteiger partial charge is 0.516 e. The molecule has 1 heterocycles. The summed E-state index contributed by atoms with van der Waals surface area (Å²) in [6, 6.07) is 0. The van der Waals surface area contributed by atoms with E-state index in [2.05, 4.69) is 88.5 Å². The third-order valence-electron chi connectivity index (χ3n) is 7.39. The van der Waals surface area contributed by atoms with Crippen LogP contribution in [-0.2, 0) is 25.5 Å². The predicted octanol–water partition coefficient (Wildman–Crippen LogP) is 6.79. The van der Waals surface area contributed by atoms with Crippen molar-refractivity contribution in [2.75, 3.05) is 0 Å². The molecule has 0 fully saturated rings. The molecule has 0 N–H and O–H groups in total. The van der Waals surface area contributed by atoms with Gasteiger partial charge in [-0.1, -0.05) is 41.5 Å². The second kappa shape index (κ2) is 8.59. The maximum absolute atomic E-state index is 13.7. The Bertz CT molecular complexity index is 891. The number of benzene rings is 1. The molecule has 4 nitrogen and oxygen atoms in total. The highest BCUT2D eigenvalue weighted by atomic mass is 28.4. The van der Waals surface area contributed by atoms with Crippen molar-refractivity contribution in [2.45, 2.75) is 124 Å². The molecule has 1 aliphatic heterocycles. The average Bonchev–Trinajstić information content (AvgIpc) is 2.58. The minimum atomic E-state index is -2.31. The van der Waals surface area contributed by atoms with Crippen LogP contribution in [0.2, 0.25) is 31.2 Å². The molecule has 0 spiro atoms. The highest BCUT2D eigenvalue weighted by Gasteiger charge is 2.53. The van der Waals surface area contributed by atoms with E-state index in [0.717, 1.165) is 11.3 Å². The highest BCUT2D eigenvalue weighted by Crippen LogP contribution is 2.46. The molecular weight excluding hydrogens is 432 g/mol. The fraction of sp³-hybridized carbons (Fsp3) is 0.731. The van der Waals surface area contributed by atoms with Gasteiger partial charge in [-0.05, 0) is 86.6 Å². The van der Waals surface area contributed by atoms with Gasteiger partial charge in [0.05, 0.1) is 6.10 Å². The Morgan fingerprint density at radius 1 is 1.03 bits per heavy atom. The first kappa shape index (κ1) is 27.1. The topological polar surface area (TPSA) is 44.8 Å². The van der Waals surface area contributed by atoms with Crippen LogP contribution < -0.4 is 4.74 Å². The van der Waals surface area contributed by atoms with E-state index in [0.29, 0.717) is 6.42 Å². The monoisotopic (exact) mass is 477 g/mol. The average molecular weight is 478 g/mol. The van der Waals surface area contributed by atoms with Crippen molar-refractivity contribution in [3.63, 3.8) is 0 Å². The predicted molar refractivity (Wildman–Crippen MR) is 138 cm³/mol. The smallest absolute Gasteiger partial charge is 0.339 e. The quantitative estimate of drug-likeness (QED) is 0.448. The molecule has 1 aliphatic rings. The van der Waals surface area contributed by atoms with E-state index in [-0.39, 0.29) is 22.5 Å². The Morgan fingerprint density at radius 2 is 1.56 bits per heavy atom. The zero-order chi connectivity index (χ0) is 25.0. The van der Waals surface area contributed by atoms with Crippen LogP contribution in [0.5, 0.6) is 5.75 Å². The summed E-state index contributed by atoms with van der Waals surface area (Å²) in [5.74, 6) is 0.543. The van der Waals surface area contributed by atoms with Crippen LogP contribution in [0.15, 0.2) is 0 Å². The Morgan fingerprint density at radius 3 is 2.00 bits per heavy atom. The zero-order valence-electron chi connectivity index (χ0n) is 22.9. The van der Waals surface area contributed by atoms with Crippen LogP contribution in [0, 0.1) is 20.8 Å². The van der Waals surface area contributed by atoms with Gasteiger partial charge < -0.3 is 13.6 Å². The van der Waals surface area contributed by atoms with Crippen molar-refractivity contribution < 1.29 is 18.4 Å². The van der Waals surface area contributed by atoms with E-state index in [4.69, 9.17) is 13.6 Å². The number of hydrogen-bond acceptors (Lipinski definition) is 4. The van der Waals surface area contributed by atoms with Gasteiger partial charge in [-0.25, -0.2) is 4.79 Å². The van der Waals surface area contributed by atoms with Crippen molar-refractivity contribution in [1.82, 2.24) is 0 Å². The summed E-state index contributed by atoms with van der Waals surface area (Å²) in [6.07, 6.45) is 0.286. The molecule has 2 unspecified atom stereocenters. The van der Waals surface area contributed by atoms with E-state index in [9.17, 15) is 4.79 Å². The summed E-state index contributed by atoms with van der Waals surface area (Å²) < 4.78 is 19.3. The van der Waals surface area contributed by atoms with Crippen LogP contribution >= 0.6 is 0 Å². The van der Waals surface area contributed by atoms with Crippen LogP contribution in [0.1, 0.15) is 76.3 Å². The maximum atomic E-state index is 13.7. The van der Waals surface area contributed by atoms with E-state index < -0.39 is 23.0 Å². The Balaban J connectivity index is 2.65. The fourth-order valence-corrected chi connectivity index (χ4v) is 6.30. The lowest BCUT2D eigenvalue weighted by molar-refractivity contribution is -0.162. The lowest BCUT2D eigenvalue weighted by Crippen LogP contribution is -2.60. The zero-order valence-corrected chi connectivity index (χ0v) is 24.9. The third-order valence-corrected chi connectivity index (χ3v) is 12.4. The third kappa shape index (κ3) is 4.87. The van der Waals surface area contributed by atoms with Crippen LogP contribution in [0.25, 0.3) is 0 Å². The molecule has 0 amide bonds. The summed E-state index contributed by atoms with van der Waals surface area (Å²) in [4.78, 5) is 13.7. The van der Waals surface area contributed by atoms with Crippen LogP contribution in [0.3, 0.4) is 0 Å². The minimum absolute atomic E-state index is 0.0246. The number of carbonyl (C=O) groups excluding carboxylic acids is 1. The second-order valence-electron chi connectivity index (χ2n) is 12.4. The summed E-state index contributed by atoms with van der Waals surface area (Å²) >= 11 is 0. The number of rotatable bonds is 4. The van der Waals surface area contributed by atoms with Crippen molar-refractivity contribution in [3.8, 4) is 5.75 Å². The van der Waals surface area contributed by atoms with E-state index >= 15 is 0 Å². The van der Waals surface area contributed by atoms with Crippen molar-refractivity contribution in [1.29, 1.82) is 0 Å². The molecule has 2 rings (SSSR count). The molecule has 1 aromatic carbocycles. The highest BCUT2D eigenvalue weighted by molar-refractivity contribution is 6.75. The second-order valence-corrected chi connectivity index (χ2v) is 19.2. The number of hydrogen-bond donors (Lipinski definition) is 0. The number of carbonyl (C=O) groups is 1. The van der Waals surface area contributed by atoms with Gasteiger partial charge in [-0.15, -0.1) is 0 Å². The summed E-state index contributed by atoms with van der Waals surface area (Å²) in [7, 11) is -3.36. The summed E-state index contributed by atoms with van der Waals surface area (Å²) in [5, 5.41) is -0.0723. The van der Waals surface area contributed by atoms with Gasteiger partial charge >= 0.3 is 5.97 Å². The standard InChI is InChI=1S/C26H45O4Si2/c1-16-17(2)22-19(18(3)21(16)24(4,5)6)15-20(29-31(11)12)26(10,28-22)23(27)30-32(13,14)25(7,8)9/h20H,15H2,1-14H3. The van der Waals surface area contributed by atoms with Gasteiger partial charge in [0.1, 0.15) is 5.75 Å². The van der Waals surface area contributed by atoms with Crippen molar-refractivity contribution >= 4 is 23.3 Å². The van der Waals surface area contributed by atoms with E-state index in [1.54, 1.807) is 0 Å². The van der Waals surface area contributed by atoms with Gasteiger partial charge in [0.2, 0.25) is 14.6 Å². The minimum Gasteiger partial charge on any atom is -0.516 e. The molecule has 1 radical (unpaired) electrons. The van der Waals surface area contributed by atoms with Crippen molar-refractivity contribution in [3.05, 3.63) is 27.8 Å². The first-order valence-corrected chi connectivity index (χ1v) is 17.1. The number of ether oxygens (including phenoxy) is 1. The van der Waals surface area contributed by atoms with Crippen LogP contribution in [-0.4, -0.2) is 35.0 Å². The Labute approximate surface area is 199 Å². The molecule has 0 aliphatic carbocycles. The normalized spacial score (nSPS) is 21.9. The van der Waals surface area contributed by atoms with Gasteiger partial charge in [-0.2, -0.15) is 0 Å². The fourth-order valence-electron chi connectivity index (χ4n) is 4.45. The van der Waals surface area contributed by atoms with E-state index in [1.807, 2.05) is 6.92 Å². The van der Waals surface area contributed by atoms with Gasteiger partial charge in [0.25, 0.3) is 8.32 Å². The molecule has 32 heavy (non-hydrogen) atoms. The molecule has 181 valence electrons. The van der Waals surface area contributed by atoms with Gasteiger partial charge in [0.15, 0.2) is 0 Å². The SMILES string of the molecule is Cc1c(C)c(C(C)(C)C)c(C)c2c1OC(C)(C(=O)O[Si](C)(C)C(C)(C)C)C(O[Si](C)C)C2. The van der Waals surface area contributed by atoms with Crippen molar-refractivity contribution in [2.24, 2.45) is 0 Å². The lowest BCUT2D eigenvalue weighted by atomic mass is 9.75. The molecule has 6 heteroatoms. The lowest BCUT2D eigenvalue weighted by Gasteiger charge is -2.45. The number of fused-ring (bicyclic) bond motifs is 1. The summed E-state index contributed by atoms with van der Waals surface area (Å²) in [5.41, 5.74) is 4.99. The molecular formula is C26H45O4Si2. The molecule has 2 atom stereocenters. The maximum Gasteiger partial charge on any atom is 0.339 e. The Hall–Kier alpha value is -1.12. The molecule has 0 bridgehead atoms. The molecule has 1 aromatic rings. The molecule has 0 saturated heterocycles. The first-order chi connectivity index (χ1) is 14.2. The first-order valence-electron chi connectivity index (χ1n) is 11.8. The Kier molecular flexibility index (Phi) is 7.28. The summed E-state index contributed by atoms with van der Waals surface area (Å²) in [6.45, 7) is 29.9. The van der Waals surface area contributed by atoms with Crippen LogP contribution in [0.4, 0.5) is 0 Å². The van der Waals surface area contributed by atoms with E-state index in [1.165, 1.54) is 22.3 Å². The van der Waals surface area contributed by atoms with Gasteiger partial charge in [-0.3, -0.25) is 0 Å². The molecule has 0 aromatic heterocycles. The molecule has 0 saturated carbocycles.